The number of rotatable bonds is 8. The molecule has 0 aliphatic heterocycles. The Hall–Kier alpha value is -2.18. The molecule has 0 aliphatic rings. The van der Waals surface area contributed by atoms with Crippen LogP contribution in [0.5, 0.6) is 5.75 Å². The Morgan fingerprint density at radius 1 is 0.960 bits per heavy atom. The van der Waals surface area contributed by atoms with Gasteiger partial charge in [0.2, 0.25) is 0 Å². The number of hydrogen-bond donors (Lipinski definition) is 0. The predicted molar refractivity (Wildman–Crippen MR) is 101 cm³/mol. The van der Waals surface area contributed by atoms with Gasteiger partial charge in [-0.3, -0.25) is 0 Å². The van der Waals surface area contributed by atoms with E-state index in [4.69, 9.17) is 4.74 Å². The second-order valence-corrected chi connectivity index (χ2v) is 8.78. The van der Waals surface area contributed by atoms with Crippen molar-refractivity contribution in [2.75, 3.05) is 12.4 Å². The lowest BCUT2D eigenvalue weighted by atomic mass is 10.2. The number of para-hydroxylation sites is 1. The van der Waals surface area contributed by atoms with Crippen LogP contribution in [0.3, 0.4) is 0 Å². The Bertz CT molecular complexity index is 891. The van der Waals surface area contributed by atoms with Crippen LogP contribution in [0.15, 0.2) is 66.0 Å². The topological polar surface area (TPSA) is 56.3 Å². The zero-order valence-corrected chi connectivity index (χ0v) is 15.3. The van der Waals surface area contributed by atoms with Crippen molar-refractivity contribution in [1.29, 1.82) is 0 Å². The summed E-state index contributed by atoms with van der Waals surface area (Å²) in [6.45, 7) is 0.146. The van der Waals surface area contributed by atoms with E-state index < -0.39 is 9.84 Å². The van der Waals surface area contributed by atoms with Crippen molar-refractivity contribution in [3.8, 4) is 5.75 Å². The van der Waals surface area contributed by atoms with E-state index in [-0.39, 0.29) is 18.1 Å². The highest BCUT2D eigenvalue weighted by atomic mass is 32.2. The number of benzene rings is 2. The molecule has 1 heterocycles. The molecule has 0 saturated carbocycles. The smallest absolute Gasteiger partial charge is 0.159 e. The quantitative estimate of drug-likeness (QED) is 0.604. The molecule has 3 rings (SSSR count). The van der Waals surface area contributed by atoms with Gasteiger partial charge in [-0.2, -0.15) is 0 Å². The normalized spacial score (nSPS) is 11.4. The lowest BCUT2D eigenvalue weighted by Crippen LogP contribution is -2.16. The van der Waals surface area contributed by atoms with Crippen LogP contribution >= 0.6 is 11.3 Å². The molecule has 0 aliphatic carbocycles. The first-order valence-corrected chi connectivity index (χ1v) is 10.7. The van der Waals surface area contributed by atoms with Gasteiger partial charge < -0.3 is 4.74 Å². The van der Waals surface area contributed by atoms with Gasteiger partial charge in [0, 0.05) is 11.8 Å². The molecule has 6 heteroatoms. The summed E-state index contributed by atoms with van der Waals surface area (Å²) in [5.41, 5.74) is 1.78. The van der Waals surface area contributed by atoms with Gasteiger partial charge in [0.1, 0.15) is 12.4 Å². The van der Waals surface area contributed by atoms with E-state index in [1.807, 2.05) is 66.0 Å². The van der Waals surface area contributed by atoms with Crippen LogP contribution in [0.2, 0.25) is 0 Å². The van der Waals surface area contributed by atoms with Crippen LogP contribution in [0, 0.1) is 0 Å². The minimum absolute atomic E-state index is 0.0204. The highest BCUT2D eigenvalue weighted by Gasteiger charge is 2.15. The van der Waals surface area contributed by atoms with Gasteiger partial charge in [-0.1, -0.05) is 48.5 Å². The maximum absolute atomic E-state index is 12.2. The molecule has 0 radical (unpaired) electrons. The Balaban J connectivity index is 1.52. The summed E-state index contributed by atoms with van der Waals surface area (Å²) >= 11 is 1.50. The van der Waals surface area contributed by atoms with Crippen molar-refractivity contribution in [3.63, 3.8) is 0 Å². The summed E-state index contributed by atoms with van der Waals surface area (Å²) in [5.74, 6) is 0.612. The highest BCUT2D eigenvalue weighted by Crippen LogP contribution is 2.17. The number of hydrogen-bond acceptors (Lipinski definition) is 5. The zero-order valence-electron chi connectivity index (χ0n) is 13.7. The van der Waals surface area contributed by atoms with Gasteiger partial charge in [0.15, 0.2) is 9.84 Å². The zero-order chi connectivity index (χ0) is 17.5. The van der Waals surface area contributed by atoms with Crippen molar-refractivity contribution in [1.82, 2.24) is 4.98 Å². The van der Waals surface area contributed by atoms with Gasteiger partial charge in [0.05, 0.1) is 22.2 Å². The Morgan fingerprint density at radius 3 is 2.36 bits per heavy atom. The maximum atomic E-state index is 12.2. The van der Waals surface area contributed by atoms with Crippen molar-refractivity contribution >= 4 is 21.2 Å². The number of sulfone groups is 1. The fourth-order valence-corrected chi connectivity index (χ4v) is 4.38. The van der Waals surface area contributed by atoms with Crippen LogP contribution in [0.4, 0.5) is 0 Å². The van der Waals surface area contributed by atoms with Gasteiger partial charge in [-0.15, -0.1) is 11.3 Å². The molecule has 0 atom stereocenters. The number of nitrogens with zero attached hydrogens (tertiary/aromatic N) is 1. The molecule has 3 aromatic rings. The molecular weight excluding hydrogens is 354 g/mol. The second kappa shape index (κ2) is 8.27. The van der Waals surface area contributed by atoms with Gasteiger partial charge in [-0.25, -0.2) is 13.4 Å². The largest absolute Gasteiger partial charge is 0.493 e. The summed E-state index contributed by atoms with van der Waals surface area (Å²) in [6, 6.07) is 19.2. The van der Waals surface area contributed by atoms with E-state index in [1.165, 1.54) is 16.9 Å². The molecule has 0 N–H and O–H groups in total. The Kier molecular flexibility index (Phi) is 5.83. The fourth-order valence-electron chi connectivity index (χ4n) is 2.37. The van der Waals surface area contributed by atoms with E-state index >= 15 is 0 Å². The number of thiazole rings is 1. The molecule has 4 nitrogen and oxygen atoms in total. The molecule has 0 spiro atoms. The van der Waals surface area contributed by atoms with Crippen LogP contribution in [-0.2, 0) is 22.0 Å². The van der Waals surface area contributed by atoms with E-state index in [1.54, 1.807) is 0 Å². The van der Waals surface area contributed by atoms with Gasteiger partial charge >= 0.3 is 0 Å². The second-order valence-electron chi connectivity index (χ2n) is 5.65. The van der Waals surface area contributed by atoms with Crippen LogP contribution in [-0.4, -0.2) is 25.8 Å². The highest BCUT2D eigenvalue weighted by molar-refractivity contribution is 7.90. The SMILES string of the molecule is O=S(=O)(CCOc1ccccc1)Cc1csc(Cc2ccccc2)n1. The van der Waals surface area contributed by atoms with Crippen molar-refractivity contribution in [2.24, 2.45) is 0 Å². The lowest BCUT2D eigenvalue weighted by molar-refractivity contribution is 0.341. The number of ether oxygens (including phenoxy) is 1. The van der Waals surface area contributed by atoms with Crippen molar-refractivity contribution in [3.05, 3.63) is 82.3 Å². The third-order valence-electron chi connectivity index (χ3n) is 3.57. The predicted octanol–water partition coefficient (Wildman–Crippen LogP) is 3.73. The summed E-state index contributed by atoms with van der Waals surface area (Å²) in [7, 11) is -3.25. The van der Waals surface area contributed by atoms with Crippen molar-refractivity contribution < 1.29 is 13.2 Å². The van der Waals surface area contributed by atoms with E-state index in [2.05, 4.69) is 4.98 Å². The molecular formula is C19H19NO3S2. The first kappa shape index (κ1) is 17.6. The molecule has 0 amide bonds. The number of aromatic nitrogens is 1. The van der Waals surface area contributed by atoms with Crippen LogP contribution in [0.25, 0.3) is 0 Å². The summed E-state index contributed by atoms with van der Waals surface area (Å²) in [4.78, 5) is 4.46. The van der Waals surface area contributed by atoms with E-state index in [9.17, 15) is 8.42 Å². The molecule has 0 unspecified atom stereocenters. The fraction of sp³-hybridized carbons (Fsp3) is 0.211. The molecule has 0 saturated heterocycles. The Morgan fingerprint density at radius 2 is 1.64 bits per heavy atom. The summed E-state index contributed by atoms with van der Waals surface area (Å²) in [5, 5.41) is 2.75. The van der Waals surface area contributed by atoms with Crippen LogP contribution in [0.1, 0.15) is 16.3 Å². The molecule has 1 aromatic heterocycles. The minimum Gasteiger partial charge on any atom is -0.493 e. The third-order valence-corrected chi connectivity index (χ3v) is 5.99. The standard InChI is InChI=1S/C19H19NO3S2/c21-25(22,12-11-23-18-9-5-2-6-10-18)15-17-14-24-19(20-17)13-16-7-3-1-4-8-16/h1-10,14H,11-13,15H2. The summed E-state index contributed by atoms with van der Waals surface area (Å²) in [6.07, 6.45) is 0.725. The summed E-state index contributed by atoms with van der Waals surface area (Å²) < 4.78 is 30.0. The van der Waals surface area contributed by atoms with Crippen molar-refractivity contribution in [2.45, 2.75) is 12.2 Å². The average Bonchev–Trinajstić information content (AvgIpc) is 3.02. The lowest BCUT2D eigenvalue weighted by Gasteiger charge is -2.06. The first-order valence-electron chi connectivity index (χ1n) is 7.96. The molecule has 25 heavy (non-hydrogen) atoms. The van der Waals surface area contributed by atoms with Gasteiger partial charge in [-0.05, 0) is 17.7 Å². The monoisotopic (exact) mass is 373 g/mol. The van der Waals surface area contributed by atoms with Gasteiger partial charge in [0.25, 0.3) is 0 Å². The maximum Gasteiger partial charge on any atom is 0.159 e. The molecule has 0 fully saturated rings. The van der Waals surface area contributed by atoms with E-state index in [0.717, 1.165) is 11.4 Å². The first-order chi connectivity index (χ1) is 12.1. The molecule has 0 bridgehead atoms. The Labute approximate surface area is 152 Å². The molecule has 130 valence electrons. The molecule has 2 aromatic carbocycles. The minimum atomic E-state index is -3.25. The van der Waals surface area contributed by atoms with Crippen LogP contribution < -0.4 is 4.74 Å². The van der Waals surface area contributed by atoms with E-state index in [0.29, 0.717) is 11.4 Å². The third kappa shape index (κ3) is 5.69. The average molecular weight is 373 g/mol.